The standard InChI is InChI=1S/C13H15BrCl2N4/c1-2-20-13(9(14)7-18-20)12(19-17)6-8-3-4-10(15)11(16)5-8/h3-5,7,12,19H,2,6,17H2,1H3. The van der Waals surface area contributed by atoms with Crippen LogP contribution >= 0.6 is 39.1 Å². The van der Waals surface area contributed by atoms with Gasteiger partial charge in [-0.05, 0) is 47.0 Å². The predicted molar refractivity (Wildman–Crippen MR) is 85.8 cm³/mol. The third-order valence-electron chi connectivity index (χ3n) is 3.09. The number of nitrogens with one attached hydrogen (secondary N) is 1. The molecule has 0 aliphatic heterocycles. The van der Waals surface area contributed by atoms with Gasteiger partial charge in [0.25, 0.3) is 0 Å². The predicted octanol–water partition coefficient (Wildman–Crippen LogP) is 3.72. The minimum absolute atomic E-state index is 0.0657. The Bertz CT molecular complexity index is 600. The first kappa shape index (κ1) is 15.8. The largest absolute Gasteiger partial charge is 0.271 e. The van der Waals surface area contributed by atoms with Crippen LogP contribution in [0.5, 0.6) is 0 Å². The van der Waals surface area contributed by atoms with Gasteiger partial charge in [0.1, 0.15) is 0 Å². The number of hydrogen-bond donors (Lipinski definition) is 2. The summed E-state index contributed by atoms with van der Waals surface area (Å²) in [7, 11) is 0. The lowest BCUT2D eigenvalue weighted by atomic mass is 10.0. The molecule has 108 valence electrons. The highest BCUT2D eigenvalue weighted by Crippen LogP contribution is 2.28. The quantitative estimate of drug-likeness (QED) is 0.616. The maximum Gasteiger partial charge on any atom is 0.0712 e. The fourth-order valence-electron chi connectivity index (χ4n) is 2.11. The number of rotatable bonds is 5. The molecular weight excluding hydrogens is 363 g/mol. The smallest absolute Gasteiger partial charge is 0.0712 e. The average molecular weight is 378 g/mol. The van der Waals surface area contributed by atoms with Crippen LogP contribution in [0.4, 0.5) is 0 Å². The van der Waals surface area contributed by atoms with Gasteiger partial charge in [-0.3, -0.25) is 16.0 Å². The molecule has 1 atom stereocenters. The molecule has 0 spiro atoms. The van der Waals surface area contributed by atoms with Crippen molar-refractivity contribution in [1.29, 1.82) is 0 Å². The van der Waals surface area contributed by atoms with E-state index in [-0.39, 0.29) is 6.04 Å². The Morgan fingerprint density at radius 1 is 1.40 bits per heavy atom. The lowest BCUT2D eigenvalue weighted by Gasteiger charge is -2.18. The van der Waals surface area contributed by atoms with Crippen molar-refractivity contribution in [3.05, 3.63) is 50.2 Å². The maximum absolute atomic E-state index is 6.04. The molecule has 7 heteroatoms. The second-order valence-electron chi connectivity index (χ2n) is 4.37. The van der Waals surface area contributed by atoms with Gasteiger partial charge in [0.2, 0.25) is 0 Å². The summed E-state index contributed by atoms with van der Waals surface area (Å²) in [4.78, 5) is 0. The molecule has 0 fully saturated rings. The molecule has 0 amide bonds. The number of aryl methyl sites for hydroxylation is 1. The normalized spacial score (nSPS) is 12.7. The second-order valence-corrected chi connectivity index (χ2v) is 6.03. The van der Waals surface area contributed by atoms with Crippen molar-refractivity contribution in [1.82, 2.24) is 15.2 Å². The SMILES string of the molecule is CCn1ncc(Br)c1C(Cc1ccc(Cl)c(Cl)c1)NN. The molecule has 0 saturated heterocycles. The highest BCUT2D eigenvalue weighted by Gasteiger charge is 2.19. The van der Waals surface area contributed by atoms with Gasteiger partial charge in [-0.1, -0.05) is 29.3 Å². The number of nitrogens with two attached hydrogens (primary N) is 1. The van der Waals surface area contributed by atoms with E-state index in [1.807, 2.05) is 23.7 Å². The summed E-state index contributed by atoms with van der Waals surface area (Å²) in [5.74, 6) is 5.70. The van der Waals surface area contributed by atoms with Gasteiger partial charge in [-0.25, -0.2) is 0 Å². The Morgan fingerprint density at radius 2 is 2.15 bits per heavy atom. The van der Waals surface area contributed by atoms with Crippen molar-refractivity contribution in [2.75, 3.05) is 0 Å². The molecule has 0 aliphatic rings. The van der Waals surface area contributed by atoms with Gasteiger partial charge in [0, 0.05) is 6.54 Å². The van der Waals surface area contributed by atoms with E-state index in [9.17, 15) is 0 Å². The maximum atomic E-state index is 6.04. The Hall–Kier alpha value is -0.590. The molecule has 1 aromatic carbocycles. The van der Waals surface area contributed by atoms with Crippen molar-refractivity contribution in [3.8, 4) is 0 Å². The van der Waals surface area contributed by atoms with E-state index >= 15 is 0 Å². The number of hydrazine groups is 1. The molecule has 1 unspecified atom stereocenters. The third-order valence-corrected chi connectivity index (χ3v) is 4.44. The molecule has 4 nitrogen and oxygen atoms in total. The van der Waals surface area contributed by atoms with Gasteiger partial charge >= 0.3 is 0 Å². The van der Waals surface area contributed by atoms with Crippen molar-refractivity contribution in [2.24, 2.45) is 5.84 Å². The van der Waals surface area contributed by atoms with Crippen LogP contribution in [0.15, 0.2) is 28.9 Å². The van der Waals surface area contributed by atoms with Gasteiger partial charge < -0.3 is 0 Å². The molecule has 0 radical (unpaired) electrons. The number of halogens is 3. The molecule has 2 rings (SSSR count). The summed E-state index contributed by atoms with van der Waals surface area (Å²) in [5.41, 5.74) is 4.90. The highest BCUT2D eigenvalue weighted by molar-refractivity contribution is 9.10. The average Bonchev–Trinajstić information content (AvgIpc) is 2.81. The summed E-state index contributed by atoms with van der Waals surface area (Å²) >= 11 is 15.5. The first-order valence-corrected chi connectivity index (χ1v) is 7.73. The van der Waals surface area contributed by atoms with Crippen molar-refractivity contribution in [3.63, 3.8) is 0 Å². The number of aromatic nitrogens is 2. The van der Waals surface area contributed by atoms with Crippen LogP contribution in [-0.4, -0.2) is 9.78 Å². The molecule has 0 saturated carbocycles. The Labute approximate surface area is 136 Å². The lowest BCUT2D eigenvalue weighted by Crippen LogP contribution is -2.31. The fraction of sp³-hybridized carbons (Fsp3) is 0.308. The van der Waals surface area contributed by atoms with E-state index in [1.165, 1.54) is 0 Å². The fourth-order valence-corrected chi connectivity index (χ4v) is 3.00. The van der Waals surface area contributed by atoms with Crippen LogP contribution in [0.3, 0.4) is 0 Å². The van der Waals surface area contributed by atoms with Gasteiger partial charge in [0.05, 0.1) is 32.5 Å². The van der Waals surface area contributed by atoms with Gasteiger partial charge in [0.15, 0.2) is 0 Å². The first-order chi connectivity index (χ1) is 9.56. The summed E-state index contributed by atoms with van der Waals surface area (Å²) in [6, 6.07) is 5.52. The zero-order valence-corrected chi connectivity index (χ0v) is 14.0. The number of nitrogens with zero attached hydrogens (tertiary/aromatic N) is 2. The van der Waals surface area contributed by atoms with Crippen molar-refractivity contribution < 1.29 is 0 Å². The lowest BCUT2D eigenvalue weighted by molar-refractivity contribution is 0.489. The van der Waals surface area contributed by atoms with Crippen LogP contribution in [-0.2, 0) is 13.0 Å². The monoisotopic (exact) mass is 376 g/mol. The van der Waals surface area contributed by atoms with Crippen LogP contribution in [0, 0.1) is 0 Å². The van der Waals surface area contributed by atoms with Gasteiger partial charge in [-0.2, -0.15) is 5.10 Å². The molecule has 1 heterocycles. The molecule has 1 aromatic heterocycles. The van der Waals surface area contributed by atoms with Crippen LogP contribution in [0.2, 0.25) is 10.0 Å². The summed E-state index contributed by atoms with van der Waals surface area (Å²) in [6.07, 6.45) is 2.47. The van der Waals surface area contributed by atoms with E-state index in [2.05, 4.69) is 26.5 Å². The zero-order chi connectivity index (χ0) is 14.7. The molecule has 0 bridgehead atoms. The first-order valence-electron chi connectivity index (χ1n) is 6.18. The Morgan fingerprint density at radius 3 is 2.75 bits per heavy atom. The summed E-state index contributed by atoms with van der Waals surface area (Å²) < 4.78 is 2.84. The molecule has 3 N–H and O–H groups in total. The minimum atomic E-state index is -0.0657. The van der Waals surface area contributed by atoms with E-state index in [0.717, 1.165) is 22.3 Å². The number of benzene rings is 1. The third kappa shape index (κ3) is 3.35. The van der Waals surface area contributed by atoms with Crippen molar-refractivity contribution in [2.45, 2.75) is 25.9 Å². The zero-order valence-electron chi connectivity index (χ0n) is 10.9. The van der Waals surface area contributed by atoms with Crippen molar-refractivity contribution >= 4 is 39.1 Å². The van der Waals surface area contributed by atoms with Crippen LogP contribution < -0.4 is 11.3 Å². The summed E-state index contributed by atoms with van der Waals surface area (Å²) in [5, 5.41) is 5.40. The summed E-state index contributed by atoms with van der Waals surface area (Å²) in [6.45, 7) is 2.82. The Kier molecular flexibility index (Phi) is 5.46. The Balaban J connectivity index is 2.28. The highest BCUT2D eigenvalue weighted by atomic mass is 79.9. The van der Waals surface area contributed by atoms with E-state index in [4.69, 9.17) is 29.0 Å². The van der Waals surface area contributed by atoms with E-state index in [0.29, 0.717) is 16.5 Å². The van der Waals surface area contributed by atoms with E-state index in [1.54, 1.807) is 12.3 Å². The van der Waals surface area contributed by atoms with Crippen LogP contribution in [0.25, 0.3) is 0 Å². The molecule has 0 aliphatic carbocycles. The number of hydrogen-bond acceptors (Lipinski definition) is 3. The van der Waals surface area contributed by atoms with E-state index < -0.39 is 0 Å². The van der Waals surface area contributed by atoms with Gasteiger partial charge in [-0.15, -0.1) is 0 Å². The molecule has 20 heavy (non-hydrogen) atoms. The van der Waals surface area contributed by atoms with Crippen LogP contribution in [0.1, 0.15) is 24.2 Å². The molecule has 2 aromatic rings. The second kappa shape index (κ2) is 6.91. The minimum Gasteiger partial charge on any atom is -0.271 e. The topological polar surface area (TPSA) is 55.9 Å². The molecular formula is C13H15BrCl2N4.